The maximum absolute atomic E-state index is 12.2. The number of amides is 1. The molecule has 0 aromatic carbocycles. The minimum atomic E-state index is -1.93. The average molecular weight is 376 g/mol. The Kier molecular flexibility index (Phi) is 6.13. The quantitative estimate of drug-likeness (QED) is 0.570. The van der Waals surface area contributed by atoms with Gasteiger partial charge in [0.15, 0.2) is 8.32 Å². The Morgan fingerprint density at radius 1 is 1.38 bits per heavy atom. The van der Waals surface area contributed by atoms with Gasteiger partial charge in [-0.3, -0.25) is 4.79 Å². The predicted molar refractivity (Wildman–Crippen MR) is 101 cm³/mol. The van der Waals surface area contributed by atoms with Gasteiger partial charge >= 0.3 is 0 Å². The molecule has 7 heteroatoms. The molecule has 2 heterocycles. The molecule has 2 rings (SSSR count). The van der Waals surface area contributed by atoms with Crippen LogP contribution in [-0.4, -0.2) is 61.8 Å². The third-order valence-corrected chi connectivity index (χ3v) is 11.9. The lowest BCUT2D eigenvalue weighted by molar-refractivity contribution is -0.141. The molecule has 0 aliphatic carbocycles. The van der Waals surface area contributed by atoms with E-state index in [0.29, 0.717) is 0 Å². The first-order valence-corrected chi connectivity index (χ1v) is 12.8. The second kappa shape index (κ2) is 7.27. The van der Waals surface area contributed by atoms with Crippen molar-refractivity contribution in [2.75, 3.05) is 12.9 Å². The Morgan fingerprint density at radius 2 is 2.00 bits per heavy atom. The summed E-state index contributed by atoms with van der Waals surface area (Å²) in [5.74, 6) is 0.789. The Labute approximate surface area is 151 Å². The minimum absolute atomic E-state index is 0.0307. The second-order valence-corrected chi connectivity index (χ2v) is 14.6. The highest BCUT2D eigenvalue weighted by Gasteiger charge is 2.53. The largest absolute Gasteiger partial charge is 0.413 e. The van der Waals surface area contributed by atoms with E-state index in [-0.39, 0.29) is 40.4 Å². The van der Waals surface area contributed by atoms with Gasteiger partial charge < -0.3 is 19.6 Å². The first kappa shape index (κ1) is 20.2. The fraction of sp³-hybridized carbons (Fsp3) is 0.941. The van der Waals surface area contributed by atoms with Gasteiger partial charge in [-0.15, -0.1) is 0 Å². The number of hydrogen-bond acceptors (Lipinski definition) is 5. The molecule has 1 amide bonds. The van der Waals surface area contributed by atoms with Crippen molar-refractivity contribution in [2.24, 2.45) is 5.92 Å². The first-order valence-electron chi connectivity index (χ1n) is 8.80. The lowest BCUT2D eigenvalue weighted by Crippen LogP contribution is -2.70. The second-order valence-electron chi connectivity index (χ2n) is 8.53. The summed E-state index contributed by atoms with van der Waals surface area (Å²) in [7, 11) is -0.293. The molecule has 0 spiro atoms. The van der Waals surface area contributed by atoms with Crippen LogP contribution in [0.15, 0.2) is 0 Å². The molecule has 2 saturated heterocycles. The van der Waals surface area contributed by atoms with E-state index in [4.69, 9.17) is 9.16 Å². The molecule has 0 saturated carbocycles. The van der Waals surface area contributed by atoms with Gasteiger partial charge in [-0.2, -0.15) is 11.8 Å². The van der Waals surface area contributed by atoms with Crippen LogP contribution in [0, 0.1) is 5.92 Å². The lowest BCUT2D eigenvalue weighted by atomic mass is 9.81. The molecular formula is C17H33NO4SSi. The zero-order chi connectivity index (χ0) is 18.3. The summed E-state index contributed by atoms with van der Waals surface area (Å²) < 4.78 is 11.8. The third kappa shape index (κ3) is 3.85. The topological polar surface area (TPSA) is 67.8 Å². The Morgan fingerprint density at radius 3 is 2.50 bits per heavy atom. The third-order valence-electron chi connectivity index (χ3n) is 5.88. The van der Waals surface area contributed by atoms with Crippen LogP contribution in [0.4, 0.5) is 0 Å². The van der Waals surface area contributed by atoms with Crippen LogP contribution < -0.4 is 5.32 Å². The standard InChI is InChI=1S/C17H33NO4SSi/c1-10(22-24(6,7)17(2,3)4)12-13(18-16(12)20)15-14(19)11(21-5)8-9-23-15/h10-15,19H,8-9H2,1-7H3,(H,18,20)/t10-,11+,12-,13+,14-,15-/m1/s1. The first-order chi connectivity index (χ1) is 11.0. The summed E-state index contributed by atoms with van der Waals surface area (Å²) in [5.41, 5.74) is 0. The van der Waals surface area contributed by atoms with E-state index in [2.05, 4.69) is 39.2 Å². The molecule has 5 nitrogen and oxygen atoms in total. The van der Waals surface area contributed by atoms with Crippen LogP contribution in [0.5, 0.6) is 0 Å². The Bertz CT molecular complexity index is 468. The fourth-order valence-electron chi connectivity index (χ4n) is 3.30. The summed E-state index contributed by atoms with van der Waals surface area (Å²) in [6.07, 6.45) is 0.00787. The van der Waals surface area contributed by atoms with E-state index in [9.17, 15) is 9.90 Å². The van der Waals surface area contributed by atoms with Crippen molar-refractivity contribution in [3.8, 4) is 0 Å². The fourth-order valence-corrected chi connectivity index (χ4v) is 6.19. The van der Waals surface area contributed by atoms with Crippen LogP contribution in [0.3, 0.4) is 0 Å². The number of methoxy groups -OCH3 is 1. The van der Waals surface area contributed by atoms with Gasteiger partial charge in [-0.05, 0) is 37.2 Å². The summed E-state index contributed by atoms with van der Waals surface area (Å²) >= 11 is 1.73. The number of nitrogens with one attached hydrogen (secondary N) is 1. The molecule has 2 N–H and O–H groups in total. The van der Waals surface area contributed by atoms with Gasteiger partial charge in [0.25, 0.3) is 0 Å². The zero-order valence-corrected chi connectivity index (χ0v) is 17.8. The molecule has 140 valence electrons. The van der Waals surface area contributed by atoms with E-state index in [1.807, 2.05) is 6.92 Å². The number of ether oxygens (including phenoxy) is 1. The monoisotopic (exact) mass is 375 g/mol. The van der Waals surface area contributed by atoms with E-state index < -0.39 is 14.4 Å². The normalized spacial score (nSPS) is 36.0. The summed E-state index contributed by atoms with van der Waals surface area (Å²) in [4.78, 5) is 12.2. The van der Waals surface area contributed by atoms with E-state index >= 15 is 0 Å². The minimum Gasteiger partial charge on any atom is -0.413 e. The molecule has 0 unspecified atom stereocenters. The molecule has 6 atom stereocenters. The number of carbonyl (C=O) groups excluding carboxylic acids is 1. The lowest BCUT2D eigenvalue weighted by Gasteiger charge is -2.49. The highest BCUT2D eigenvalue weighted by Crippen LogP contribution is 2.41. The molecule has 0 radical (unpaired) electrons. The van der Waals surface area contributed by atoms with E-state index in [0.717, 1.165) is 12.2 Å². The molecule has 2 fully saturated rings. The van der Waals surface area contributed by atoms with Crippen molar-refractivity contribution >= 4 is 26.0 Å². The van der Waals surface area contributed by atoms with E-state index in [1.54, 1.807) is 18.9 Å². The van der Waals surface area contributed by atoms with Gasteiger partial charge in [0.05, 0.1) is 35.5 Å². The maximum Gasteiger partial charge on any atom is 0.228 e. The van der Waals surface area contributed by atoms with Crippen LogP contribution in [0.1, 0.15) is 34.1 Å². The number of hydrogen-bond donors (Lipinski definition) is 2. The smallest absolute Gasteiger partial charge is 0.228 e. The molecule has 0 aromatic heterocycles. The number of β-lactam (4-membered cyclic amide) rings is 1. The van der Waals surface area contributed by atoms with Crippen molar-refractivity contribution in [1.29, 1.82) is 0 Å². The predicted octanol–water partition coefficient (Wildman–Crippen LogP) is 2.39. The molecule has 0 bridgehead atoms. The number of rotatable bonds is 5. The van der Waals surface area contributed by atoms with Gasteiger partial charge in [0.2, 0.25) is 5.91 Å². The number of thioether (sulfide) groups is 1. The maximum atomic E-state index is 12.2. The SMILES string of the molecule is CO[C@H]1CCS[C@H]([C@H]2NC(=O)[C@@H]2[C@@H](C)O[Si](C)(C)C(C)(C)C)[C@@H]1O. The molecule has 0 aromatic rings. The van der Waals surface area contributed by atoms with Gasteiger partial charge in [-0.25, -0.2) is 0 Å². The van der Waals surface area contributed by atoms with Gasteiger partial charge in [-0.1, -0.05) is 20.8 Å². The molecular weight excluding hydrogens is 342 g/mol. The number of aliphatic hydroxyl groups is 1. The van der Waals surface area contributed by atoms with Crippen LogP contribution in [0.25, 0.3) is 0 Å². The average Bonchev–Trinajstić information content (AvgIpc) is 2.43. The Hall–Kier alpha value is -0.0831. The van der Waals surface area contributed by atoms with Crippen molar-refractivity contribution in [2.45, 2.75) is 81.9 Å². The molecule has 24 heavy (non-hydrogen) atoms. The van der Waals surface area contributed by atoms with Crippen LogP contribution in [-0.2, 0) is 14.0 Å². The summed E-state index contributed by atoms with van der Waals surface area (Å²) in [5, 5.41) is 13.7. The highest BCUT2D eigenvalue weighted by molar-refractivity contribution is 8.00. The van der Waals surface area contributed by atoms with Crippen molar-refractivity contribution in [3.63, 3.8) is 0 Å². The number of carbonyl (C=O) groups is 1. The zero-order valence-electron chi connectivity index (χ0n) is 16.0. The van der Waals surface area contributed by atoms with Crippen molar-refractivity contribution < 1.29 is 19.1 Å². The Balaban J connectivity index is 2.07. The molecule has 2 aliphatic rings. The van der Waals surface area contributed by atoms with Gasteiger partial charge in [0, 0.05) is 7.11 Å². The number of aliphatic hydroxyl groups excluding tert-OH is 1. The van der Waals surface area contributed by atoms with Crippen molar-refractivity contribution in [3.05, 3.63) is 0 Å². The van der Waals surface area contributed by atoms with E-state index in [1.165, 1.54) is 0 Å². The summed E-state index contributed by atoms with van der Waals surface area (Å²) in [6, 6.07) is -0.0461. The van der Waals surface area contributed by atoms with Crippen molar-refractivity contribution in [1.82, 2.24) is 5.32 Å². The molecule has 2 aliphatic heterocycles. The van der Waals surface area contributed by atoms with Crippen LogP contribution >= 0.6 is 11.8 Å². The van der Waals surface area contributed by atoms with Crippen LogP contribution in [0.2, 0.25) is 18.1 Å². The summed E-state index contributed by atoms with van der Waals surface area (Å²) in [6.45, 7) is 13.0. The van der Waals surface area contributed by atoms with Gasteiger partial charge in [0.1, 0.15) is 0 Å². The highest BCUT2D eigenvalue weighted by atomic mass is 32.2.